The zero-order valence-electron chi connectivity index (χ0n) is 12.3. The lowest BCUT2D eigenvalue weighted by molar-refractivity contribution is 0.319. The van der Waals surface area contributed by atoms with Crippen molar-refractivity contribution in [3.63, 3.8) is 0 Å². The van der Waals surface area contributed by atoms with Gasteiger partial charge in [-0.15, -0.1) is 11.6 Å². The molecule has 0 saturated carbocycles. The van der Waals surface area contributed by atoms with Crippen LogP contribution in [0.15, 0.2) is 48.5 Å². The highest BCUT2D eigenvalue weighted by Gasteiger charge is 2.34. The number of aromatic hydroxyl groups is 1. The van der Waals surface area contributed by atoms with Crippen LogP contribution in [0.5, 0.6) is 5.75 Å². The van der Waals surface area contributed by atoms with E-state index in [1.807, 2.05) is 18.2 Å². The maximum atomic E-state index is 10.2. The molecule has 0 spiro atoms. The Balaban J connectivity index is 1.77. The smallest absolute Gasteiger partial charge is 0.120 e. The Morgan fingerprint density at radius 1 is 1.09 bits per heavy atom. The number of benzene rings is 2. The van der Waals surface area contributed by atoms with Crippen LogP contribution in [0.25, 0.3) is 0 Å². The maximum Gasteiger partial charge on any atom is 0.120 e. The topological polar surface area (TPSA) is 23.5 Å². The predicted octanol–water partition coefficient (Wildman–Crippen LogP) is 4.50. The Hall–Kier alpha value is -1.22. The number of hydrogen-bond acceptors (Lipinski definition) is 2. The summed E-state index contributed by atoms with van der Waals surface area (Å²) in [6.45, 7) is 2.77. The van der Waals surface area contributed by atoms with E-state index in [-0.39, 0.29) is 11.7 Å². The number of nitrogens with zero attached hydrogens (tertiary/aromatic N) is 1. The van der Waals surface area contributed by atoms with Crippen molar-refractivity contribution in [3.05, 3.63) is 64.7 Å². The number of hydrogen-bond donors (Lipinski definition) is 1. The monoisotopic (exact) mass is 335 g/mol. The second-order valence-electron chi connectivity index (χ2n) is 5.90. The summed E-state index contributed by atoms with van der Waals surface area (Å²) in [6.07, 6.45) is 0. The fraction of sp³-hybridized carbons (Fsp3) is 0.333. The fourth-order valence-corrected chi connectivity index (χ4v) is 3.75. The largest absolute Gasteiger partial charge is 0.508 e. The van der Waals surface area contributed by atoms with Crippen molar-refractivity contribution in [3.8, 4) is 5.75 Å². The number of rotatable bonds is 4. The van der Waals surface area contributed by atoms with E-state index >= 15 is 0 Å². The van der Waals surface area contributed by atoms with Gasteiger partial charge in [0.05, 0.1) is 0 Å². The minimum atomic E-state index is 0.249. The highest BCUT2D eigenvalue weighted by Crippen LogP contribution is 2.39. The van der Waals surface area contributed by atoms with Crippen molar-refractivity contribution in [2.45, 2.75) is 12.5 Å². The summed E-state index contributed by atoms with van der Waals surface area (Å²) in [7, 11) is 0. The SMILES string of the molecule is Oc1cc(Cl)ccc1C1CN(Cc2ccccc2)CC1CCl. The Morgan fingerprint density at radius 3 is 2.55 bits per heavy atom. The summed E-state index contributed by atoms with van der Waals surface area (Å²) < 4.78 is 0. The van der Waals surface area contributed by atoms with Crippen molar-refractivity contribution in [1.29, 1.82) is 0 Å². The number of alkyl halides is 1. The van der Waals surface area contributed by atoms with Crippen LogP contribution in [0.1, 0.15) is 17.0 Å². The molecular formula is C18H19Cl2NO. The Labute approximate surface area is 141 Å². The second-order valence-corrected chi connectivity index (χ2v) is 6.65. The molecule has 0 aliphatic carbocycles. The summed E-state index contributed by atoms with van der Waals surface area (Å²) in [5.41, 5.74) is 2.25. The highest BCUT2D eigenvalue weighted by molar-refractivity contribution is 6.30. The second kappa shape index (κ2) is 6.91. The van der Waals surface area contributed by atoms with E-state index in [9.17, 15) is 5.11 Å². The molecule has 1 aliphatic heterocycles. The van der Waals surface area contributed by atoms with Gasteiger partial charge in [-0.3, -0.25) is 4.90 Å². The molecule has 0 amide bonds. The minimum absolute atomic E-state index is 0.249. The Morgan fingerprint density at radius 2 is 1.86 bits per heavy atom. The average Bonchev–Trinajstić information content (AvgIpc) is 2.91. The fourth-order valence-electron chi connectivity index (χ4n) is 3.27. The average molecular weight is 336 g/mol. The Kier molecular flexibility index (Phi) is 4.92. The zero-order valence-corrected chi connectivity index (χ0v) is 13.8. The number of likely N-dealkylation sites (tertiary alicyclic amines) is 1. The van der Waals surface area contributed by atoms with Crippen molar-refractivity contribution >= 4 is 23.2 Å². The van der Waals surface area contributed by atoms with Gasteiger partial charge in [-0.25, -0.2) is 0 Å². The van der Waals surface area contributed by atoms with Crippen LogP contribution >= 0.6 is 23.2 Å². The van der Waals surface area contributed by atoms with E-state index < -0.39 is 0 Å². The summed E-state index contributed by atoms with van der Waals surface area (Å²) >= 11 is 12.1. The third kappa shape index (κ3) is 3.40. The molecule has 1 aliphatic rings. The van der Waals surface area contributed by atoms with Gasteiger partial charge in [0.2, 0.25) is 0 Å². The molecular weight excluding hydrogens is 317 g/mol. The minimum Gasteiger partial charge on any atom is -0.508 e. The van der Waals surface area contributed by atoms with Gasteiger partial charge < -0.3 is 5.11 Å². The first-order valence-corrected chi connectivity index (χ1v) is 8.39. The molecule has 3 rings (SSSR count). The van der Waals surface area contributed by atoms with Crippen LogP contribution in [-0.4, -0.2) is 29.0 Å². The summed E-state index contributed by atoms with van der Waals surface area (Å²) in [5, 5.41) is 10.8. The predicted molar refractivity (Wildman–Crippen MR) is 91.8 cm³/mol. The number of phenolic OH excluding ortho intramolecular Hbond substituents is 1. The van der Waals surface area contributed by atoms with E-state index in [1.165, 1.54) is 5.56 Å². The van der Waals surface area contributed by atoms with Crippen LogP contribution < -0.4 is 0 Å². The molecule has 2 aromatic carbocycles. The molecule has 1 fully saturated rings. The quantitative estimate of drug-likeness (QED) is 0.831. The van der Waals surface area contributed by atoms with Crippen molar-refractivity contribution < 1.29 is 5.11 Å². The molecule has 4 heteroatoms. The first-order valence-electron chi connectivity index (χ1n) is 7.48. The molecule has 1 N–H and O–H groups in total. The maximum absolute atomic E-state index is 10.2. The van der Waals surface area contributed by atoms with Gasteiger partial charge >= 0.3 is 0 Å². The molecule has 116 valence electrons. The van der Waals surface area contributed by atoms with E-state index in [0.717, 1.165) is 25.2 Å². The van der Waals surface area contributed by atoms with Crippen LogP contribution in [0.3, 0.4) is 0 Å². The third-order valence-electron chi connectivity index (χ3n) is 4.36. The lowest BCUT2D eigenvalue weighted by atomic mass is 9.89. The van der Waals surface area contributed by atoms with Gasteiger partial charge in [0.25, 0.3) is 0 Å². The lowest BCUT2D eigenvalue weighted by Gasteiger charge is -2.18. The van der Waals surface area contributed by atoms with Crippen LogP contribution in [-0.2, 0) is 6.54 Å². The summed E-state index contributed by atoms with van der Waals surface area (Å²) in [5.74, 6) is 1.46. The standard InChI is InChI=1S/C18H19Cl2NO/c19-9-14-11-21(10-13-4-2-1-3-5-13)12-17(14)16-7-6-15(20)8-18(16)22/h1-8,14,17,22H,9-12H2. The molecule has 1 saturated heterocycles. The molecule has 0 radical (unpaired) electrons. The molecule has 2 atom stereocenters. The third-order valence-corrected chi connectivity index (χ3v) is 4.99. The Bertz CT molecular complexity index is 632. The van der Waals surface area contributed by atoms with Gasteiger partial charge in [-0.05, 0) is 29.2 Å². The molecule has 22 heavy (non-hydrogen) atoms. The molecule has 2 unspecified atom stereocenters. The van der Waals surface area contributed by atoms with E-state index in [2.05, 4.69) is 29.2 Å². The molecule has 0 aromatic heterocycles. The van der Waals surface area contributed by atoms with Gasteiger partial charge in [-0.2, -0.15) is 0 Å². The van der Waals surface area contributed by atoms with Gasteiger partial charge in [-0.1, -0.05) is 48.0 Å². The first-order chi connectivity index (χ1) is 10.7. The molecule has 0 bridgehead atoms. The van der Waals surface area contributed by atoms with Crippen LogP contribution in [0.2, 0.25) is 5.02 Å². The number of halogens is 2. The van der Waals surface area contributed by atoms with Gasteiger partial charge in [0.15, 0.2) is 0 Å². The van der Waals surface area contributed by atoms with Crippen LogP contribution in [0, 0.1) is 5.92 Å². The molecule has 2 nitrogen and oxygen atoms in total. The van der Waals surface area contributed by atoms with Crippen molar-refractivity contribution in [2.75, 3.05) is 19.0 Å². The summed E-state index contributed by atoms with van der Waals surface area (Å²) in [6, 6.07) is 15.8. The van der Waals surface area contributed by atoms with E-state index in [0.29, 0.717) is 16.8 Å². The normalized spacial score (nSPS) is 22.1. The molecule has 2 aromatic rings. The van der Waals surface area contributed by atoms with Crippen LogP contribution in [0.4, 0.5) is 0 Å². The first kappa shape index (κ1) is 15.7. The van der Waals surface area contributed by atoms with Gasteiger partial charge in [0.1, 0.15) is 5.75 Å². The van der Waals surface area contributed by atoms with E-state index in [4.69, 9.17) is 23.2 Å². The van der Waals surface area contributed by atoms with Gasteiger partial charge in [0, 0.05) is 36.5 Å². The lowest BCUT2D eigenvalue weighted by Crippen LogP contribution is -2.20. The highest BCUT2D eigenvalue weighted by atomic mass is 35.5. The molecule has 1 heterocycles. The summed E-state index contributed by atoms with van der Waals surface area (Å²) in [4.78, 5) is 2.40. The van der Waals surface area contributed by atoms with Crippen molar-refractivity contribution in [1.82, 2.24) is 4.90 Å². The van der Waals surface area contributed by atoms with E-state index in [1.54, 1.807) is 6.07 Å². The van der Waals surface area contributed by atoms with Crippen molar-refractivity contribution in [2.24, 2.45) is 5.92 Å². The number of phenols is 1. The zero-order chi connectivity index (χ0) is 15.5.